The van der Waals surface area contributed by atoms with Gasteiger partial charge in [-0.3, -0.25) is 9.89 Å². The number of aliphatic imine (C=N–C) groups is 1. The Morgan fingerprint density at radius 1 is 1.32 bits per heavy atom. The van der Waals surface area contributed by atoms with Crippen molar-refractivity contribution < 1.29 is 4.74 Å². The van der Waals surface area contributed by atoms with E-state index in [0.29, 0.717) is 12.6 Å². The minimum atomic E-state index is 0. The average Bonchev–Trinajstić information content (AvgIpc) is 3.16. The van der Waals surface area contributed by atoms with Gasteiger partial charge in [-0.05, 0) is 48.9 Å². The Balaban J connectivity index is 0.00000280. The van der Waals surface area contributed by atoms with Crippen LogP contribution in [-0.4, -0.2) is 44.1 Å². The molecule has 0 radical (unpaired) electrons. The summed E-state index contributed by atoms with van der Waals surface area (Å²) in [5.74, 6) is 1.73. The molecule has 154 valence electrons. The molecule has 0 fully saturated rings. The van der Waals surface area contributed by atoms with E-state index < -0.39 is 0 Å². The van der Waals surface area contributed by atoms with Crippen molar-refractivity contribution >= 4 is 41.3 Å². The van der Waals surface area contributed by atoms with Crippen LogP contribution in [0.4, 0.5) is 0 Å². The van der Waals surface area contributed by atoms with Crippen LogP contribution in [-0.2, 0) is 19.5 Å². The van der Waals surface area contributed by atoms with Crippen molar-refractivity contribution in [2.45, 2.75) is 39.4 Å². The van der Waals surface area contributed by atoms with E-state index in [-0.39, 0.29) is 24.0 Å². The first-order valence-electron chi connectivity index (χ1n) is 9.48. The lowest BCUT2D eigenvalue weighted by molar-refractivity contribution is 0.192. The highest BCUT2D eigenvalue weighted by Gasteiger charge is 2.21. The second-order valence-corrected chi connectivity index (χ2v) is 8.06. The molecule has 1 aromatic heterocycles. The standard InChI is InChI=1S/C21H30N4OS.HI/c1-15-5-6-17(19(11-15)26-4)13-24-21(22-3)23-12-16(2)25-9-7-20-18(14-25)8-10-27-20;/h5-6,8,10-11,16H,7,9,12-14H2,1-4H3,(H2,22,23,24);1H. The van der Waals surface area contributed by atoms with Gasteiger partial charge in [0.2, 0.25) is 0 Å². The van der Waals surface area contributed by atoms with Crippen molar-refractivity contribution in [1.29, 1.82) is 0 Å². The van der Waals surface area contributed by atoms with Crippen molar-refractivity contribution in [2.24, 2.45) is 4.99 Å². The quantitative estimate of drug-likeness (QED) is 0.350. The third kappa shape index (κ3) is 5.84. The van der Waals surface area contributed by atoms with E-state index >= 15 is 0 Å². The molecule has 0 bridgehead atoms. The summed E-state index contributed by atoms with van der Waals surface area (Å²) >= 11 is 1.89. The van der Waals surface area contributed by atoms with E-state index in [1.165, 1.54) is 11.1 Å². The Labute approximate surface area is 189 Å². The van der Waals surface area contributed by atoms with Crippen LogP contribution in [0.3, 0.4) is 0 Å². The van der Waals surface area contributed by atoms with Gasteiger partial charge >= 0.3 is 0 Å². The zero-order valence-electron chi connectivity index (χ0n) is 17.1. The van der Waals surface area contributed by atoms with E-state index in [2.05, 4.69) is 64.0 Å². The Kier molecular flexibility index (Phi) is 9.04. The number of hydrogen-bond acceptors (Lipinski definition) is 4. The number of nitrogens with zero attached hydrogens (tertiary/aromatic N) is 2. The second-order valence-electron chi connectivity index (χ2n) is 7.06. The van der Waals surface area contributed by atoms with Crippen molar-refractivity contribution in [3.8, 4) is 5.75 Å². The first-order chi connectivity index (χ1) is 13.1. The topological polar surface area (TPSA) is 48.9 Å². The van der Waals surface area contributed by atoms with Gasteiger partial charge in [0.1, 0.15) is 5.75 Å². The highest BCUT2D eigenvalue weighted by molar-refractivity contribution is 14.0. The van der Waals surface area contributed by atoms with Gasteiger partial charge in [0.25, 0.3) is 0 Å². The third-order valence-electron chi connectivity index (χ3n) is 5.14. The van der Waals surface area contributed by atoms with Crippen LogP contribution in [0.2, 0.25) is 0 Å². The van der Waals surface area contributed by atoms with Crippen LogP contribution >= 0.6 is 35.3 Å². The molecule has 1 aliphatic heterocycles. The van der Waals surface area contributed by atoms with Gasteiger partial charge in [0.15, 0.2) is 5.96 Å². The minimum absolute atomic E-state index is 0. The smallest absolute Gasteiger partial charge is 0.191 e. The van der Waals surface area contributed by atoms with Crippen molar-refractivity contribution in [2.75, 3.05) is 27.2 Å². The van der Waals surface area contributed by atoms with Gasteiger partial charge in [0, 0.05) is 49.7 Å². The second kappa shape index (κ2) is 11.0. The number of ether oxygens (including phenoxy) is 1. The van der Waals surface area contributed by atoms with Crippen LogP contribution < -0.4 is 15.4 Å². The maximum absolute atomic E-state index is 5.49. The molecule has 7 heteroatoms. The average molecular weight is 514 g/mol. The molecule has 2 heterocycles. The molecule has 2 N–H and O–H groups in total. The van der Waals surface area contributed by atoms with E-state index in [1.807, 2.05) is 18.4 Å². The fourth-order valence-electron chi connectivity index (χ4n) is 3.42. The molecule has 1 aromatic carbocycles. The number of thiophene rings is 1. The summed E-state index contributed by atoms with van der Waals surface area (Å²) in [6.45, 7) is 8.07. The summed E-state index contributed by atoms with van der Waals surface area (Å²) in [6, 6.07) is 8.98. The summed E-state index contributed by atoms with van der Waals surface area (Å²) in [4.78, 5) is 8.45. The number of fused-ring (bicyclic) bond motifs is 1. The molecule has 0 spiro atoms. The first kappa shape index (κ1) is 23.0. The molecule has 1 aliphatic rings. The summed E-state index contributed by atoms with van der Waals surface area (Å²) in [6.07, 6.45) is 1.16. The first-order valence-corrected chi connectivity index (χ1v) is 10.4. The van der Waals surface area contributed by atoms with Crippen molar-refractivity contribution in [3.63, 3.8) is 0 Å². The van der Waals surface area contributed by atoms with Gasteiger partial charge in [-0.25, -0.2) is 0 Å². The third-order valence-corrected chi connectivity index (χ3v) is 6.16. The fourth-order valence-corrected chi connectivity index (χ4v) is 4.31. The normalized spacial score (nSPS) is 15.4. The molecule has 0 amide bonds. The van der Waals surface area contributed by atoms with Crippen LogP contribution in [0, 0.1) is 6.92 Å². The summed E-state index contributed by atoms with van der Waals surface area (Å²) in [7, 11) is 3.52. The predicted octanol–water partition coefficient (Wildman–Crippen LogP) is 3.79. The molecule has 0 aliphatic carbocycles. The maximum atomic E-state index is 5.49. The lowest BCUT2D eigenvalue weighted by Crippen LogP contribution is -2.47. The molecule has 0 saturated heterocycles. The molecule has 28 heavy (non-hydrogen) atoms. The number of hydrogen-bond donors (Lipinski definition) is 2. The Morgan fingerprint density at radius 2 is 2.14 bits per heavy atom. The lowest BCUT2D eigenvalue weighted by Gasteiger charge is -2.32. The van der Waals surface area contributed by atoms with Gasteiger partial charge in [-0.1, -0.05) is 12.1 Å². The number of methoxy groups -OCH3 is 1. The molecular formula is C21H31IN4OS. The molecule has 1 unspecified atom stereocenters. The Bertz CT molecular complexity index is 792. The van der Waals surface area contributed by atoms with E-state index in [4.69, 9.17) is 4.74 Å². The number of rotatable bonds is 6. The van der Waals surface area contributed by atoms with Crippen LogP contribution in [0.25, 0.3) is 0 Å². The Hall–Kier alpha value is -1.32. The Morgan fingerprint density at radius 3 is 2.89 bits per heavy atom. The highest BCUT2D eigenvalue weighted by Crippen LogP contribution is 2.25. The minimum Gasteiger partial charge on any atom is -0.496 e. The van der Waals surface area contributed by atoms with E-state index in [1.54, 1.807) is 12.0 Å². The summed E-state index contributed by atoms with van der Waals surface area (Å²) < 4.78 is 5.49. The van der Waals surface area contributed by atoms with Gasteiger partial charge < -0.3 is 15.4 Å². The van der Waals surface area contributed by atoms with Gasteiger partial charge in [0.05, 0.1) is 7.11 Å². The molecule has 0 saturated carbocycles. The van der Waals surface area contributed by atoms with E-state index in [0.717, 1.165) is 43.3 Å². The maximum Gasteiger partial charge on any atom is 0.191 e. The van der Waals surface area contributed by atoms with E-state index in [9.17, 15) is 0 Å². The van der Waals surface area contributed by atoms with Crippen LogP contribution in [0.1, 0.15) is 28.5 Å². The monoisotopic (exact) mass is 514 g/mol. The van der Waals surface area contributed by atoms with Crippen molar-refractivity contribution in [1.82, 2.24) is 15.5 Å². The number of benzene rings is 1. The number of aryl methyl sites for hydroxylation is 1. The predicted molar refractivity (Wildman–Crippen MR) is 129 cm³/mol. The molecule has 3 rings (SSSR count). The van der Waals surface area contributed by atoms with Gasteiger partial charge in [-0.2, -0.15) is 0 Å². The number of guanidine groups is 1. The summed E-state index contributed by atoms with van der Waals surface area (Å²) in [5, 5.41) is 9.06. The largest absolute Gasteiger partial charge is 0.496 e. The molecule has 5 nitrogen and oxygen atoms in total. The van der Waals surface area contributed by atoms with Gasteiger partial charge in [-0.15, -0.1) is 35.3 Å². The van der Waals surface area contributed by atoms with Crippen molar-refractivity contribution in [3.05, 3.63) is 51.2 Å². The zero-order chi connectivity index (χ0) is 19.2. The molecule has 1 atom stereocenters. The summed E-state index contributed by atoms with van der Waals surface area (Å²) in [5.41, 5.74) is 3.81. The molecule has 2 aromatic rings. The highest BCUT2D eigenvalue weighted by atomic mass is 127. The zero-order valence-corrected chi connectivity index (χ0v) is 20.3. The number of halogens is 1. The lowest BCUT2D eigenvalue weighted by atomic mass is 10.1. The number of nitrogens with one attached hydrogen (secondary N) is 2. The van der Waals surface area contributed by atoms with Crippen LogP contribution in [0.5, 0.6) is 5.75 Å². The fraction of sp³-hybridized carbons (Fsp3) is 0.476. The molecular weight excluding hydrogens is 483 g/mol. The SMILES string of the molecule is CN=C(NCc1ccc(C)cc1OC)NCC(C)N1CCc2sccc2C1.I. The van der Waals surface area contributed by atoms with Crippen LogP contribution in [0.15, 0.2) is 34.6 Å².